The molecule has 0 N–H and O–H groups in total. The van der Waals surface area contributed by atoms with Crippen molar-refractivity contribution in [3.8, 4) is 0 Å². The molecule has 0 bridgehead atoms. The zero-order valence-electron chi connectivity index (χ0n) is 10.2. The lowest BCUT2D eigenvalue weighted by Crippen LogP contribution is -2.57. The van der Waals surface area contributed by atoms with Crippen molar-refractivity contribution in [2.75, 3.05) is 13.1 Å². The Labute approximate surface area is 88.9 Å². The van der Waals surface area contributed by atoms with E-state index in [4.69, 9.17) is 0 Å². The van der Waals surface area contributed by atoms with Crippen LogP contribution in [0.25, 0.3) is 0 Å². The van der Waals surface area contributed by atoms with Crippen molar-refractivity contribution in [3.63, 3.8) is 0 Å². The zero-order valence-corrected chi connectivity index (χ0v) is 10.2. The van der Waals surface area contributed by atoms with Crippen LogP contribution in [0.3, 0.4) is 0 Å². The summed E-state index contributed by atoms with van der Waals surface area (Å²) in [6.07, 6.45) is 4.50. The van der Waals surface area contributed by atoms with Gasteiger partial charge in [0, 0.05) is 19.1 Å². The van der Waals surface area contributed by atoms with E-state index in [2.05, 4.69) is 32.6 Å². The van der Waals surface area contributed by atoms with E-state index < -0.39 is 0 Å². The topological polar surface area (TPSA) is 3.24 Å². The molecule has 14 heavy (non-hydrogen) atoms. The SMILES string of the molecule is CC(C)C1CCC2(C1)CN(C(C)C)C2. The summed E-state index contributed by atoms with van der Waals surface area (Å²) in [4.78, 5) is 2.63. The van der Waals surface area contributed by atoms with E-state index >= 15 is 0 Å². The fourth-order valence-electron chi connectivity index (χ4n) is 3.29. The third kappa shape index (κ3) is 1.71. The smallest absolute Gasteiger partial charge is 0.00533 e. The second-order valence-corrected chi connectivity index (χ2v) is 6.25. The Kier molecular flexibility index (Phi) is 2.63. The first-order valence-electron chi connectivity index (χ1n) is 6.26. The summed E-state index contributed by atoms with van der Waals surface area (Å²) in [6.45, 7) is 12.2. The van der Waals surface area contributed by atoms with Gasteiger partial charge in [0.1, 0.15) is 0 Å². The highest BCUT2D eigenvalue weighted by atomic mass is 15.2. The van der Waals surface area contributed by atoms with E-state index in [9.17, 15) is 0 Å². The predicted molar refractivity (Wildman–Crippen MR) is 61.3 cm³/mol. The number of hydrogen-bond donors (Lipinski definition) is 0. The summed E-state index contributed by atoms with van der Waals surface area (Å²) >= 11 is 0. The summed E-state index contributed by atoms with van der Waals surface area (Å²) in [6, 6.07) is 0.763. The molecule has 1 saturated carbocycles. The van der Waals surface area contributed by atoms with E-state index in [0.717, 1.165) is 23.3 Å². The average molecular weight is 195 g/mol. The first kappa shape index (κ1) is 10.5. The van der Waals surface area contributed by atoms with E-state index in [1.807, 2.05) is 0 Å². The van der Waals surface area contributed by atoms with Crippen molar-refractivity contribution < 1.29 is 0 Å². The Balaban J connectivity index is 1.86. The quantitative estimate of drug-likeness (QED) is 0.654. The van der Waals surface area contributed by atoms with Gasteiger partial charge in [0.25, 0.3) is 0 Å². The van der Waals surface area contributed by atoms with Crippen molar-refractivity contribution in [3.05, 3.63) is 0 Å². The molecule has 1 aliphatic carbocycles. The molecule has 0 amide bonds. The standard InChI is InChI=1S/C13H25N/c1-10(2)12-5-6-13(7-12)8-14(9-13)11(3)4/h10-12H,5-9H2,1-4H3. The van der Waals surface area contributed by atoms with Crippen molar-refractivity contribution in [1.82, 2.24) is 4.90 Å². The highest BCUT2D eigenvalue weighted by molar-refractivity contribution is 5.01. The predicted octanol–water partition coefficient (Wildman–Crippen LogP) is 3.15. The molecule has 2 rings (SSSR count). The second kappa shape index (κ2) is 3.52. The average Bonchev–Trinajstić information content (AvgIpc) is 2.44. The largest absolute Gasteiger partial charge is 0.300 e. The van der Waals surface area contributed by atoms with Crippen molar-refractivity contribution >= 4 is 0 Å². The highest BCUT2D eigenvalue weighted by Crippen LogP contribution is 2.50. The number of rotatable bonds is 2. The highest BCUT2D eigenvalue weighted by Gasteiger charge is 2.48. The first-order valence-corrected chi connectivity index (χ1v) is 6.26. The fraction of sp³-hybridized carbons (Fsp3) is 1.00. The third-order valence-corrected chi connectivity index (χ3v) is 4.49. The van der Waals surface area contributed by atoms with Gasteiger partial charge in [-0.25, -0.2) is 0 Å². The van der Waals surface area contributed by atoms with Crippen molar-refractivity contribution in [1.29, 1.82) is 0 Å². The molecule has 1 atom stereocenters. The summed E-state index contributed by atoms with van der Waals surface area (Å²) in [7, 11) is 0. The van der Waals surface area contributed by atoms with E-state index in [-0.39, 0.29) is 0 Å². The van der Waals surface area contributed by atoms with Crippen LogP contribution >= 0.6 is 0 Å². The van der Waals surface area contributed by atoms with Crippen LogP contribution in [0.15, 0.2) is 0 Å². The second-order valence-electron chi connectivity index (χ2n) is 6.25. The van der Waals surface area contributed by atoms with Gasteiger partial charge < -0.3 is 0 Å². The lowest BCUT2D eigenvalue weighted by atomic mass is 9.76. The minimum Gasteiger partial charge on any atom is -0.300 e. The molecule has 1 unspecified atom stereocenters. The monoisotopic (exact) mass is 195 g/mol. The first-order chi connectivity index (χ1) is 6.52. The molecule has 2 fully saturated rings. The van der Waals surface area contributed by atoms with Gasteiger partial charge in [-0.3, -0.25) is 4.90 Å². The minimum atomic E-state index is 0.749. The molecule has 82 valence electrons. The zero-order chi connectivity index (χ0) is 10.3. The molecule has 1 saturated heterocycles. The molecule has 0 radical (unpaired) electrons. The lowest BCUT2D eigenvalue weighted by Gasteiger charge is -2.51. The van der Waals surface area contributed by atoms with Crippen molar-refractivity contribution in [2.45, 2.75) is 53.0 Å². The molecule has 1 aliphatic heterocycles. The summed E-state index contributed by atoms with van der Waals surface area (Å²) in [5.41, 5.74) is 0.749. The van der Waals surface area contributed by atoms with Gasteiger partial charge in [-0.1, -0.05) is 13.8 Å². The van der Waals surface area contributed by atoms with Gasteiger partial charge in [-0.05, 0) is 50.4 Å². The van der Waals surface area contributed by atoms with Crippen LogP contribution in [0.4, 0.5) is 0 Å². The maximum atomic E-state index is 2.63. The number of hydrogen-bond acceptors (Lipinski definition) is 1. The van der Waals surface area contributed by atoms with Crippen molar-refractivity contribution in [2.24, 2.45) is 17.3 Å². The lowest BCUT2D eigenvalue weighted by molar-refractivity contribution is -0.0206. The van der Waals surface area contributed by atoms with E-state index in [1.165, 1.54) is 32.4 Å². The van der Waals surface area contributed by atoms with Crippen LogP contribution in [0.2, 0.25) is 0 Å². The fourth-order valence-corrected chi connectivity index (χ4v) is 3.29. The van der Waals surface area contributed by atoms with Gasteiger partial charge in [0.05, 0.1) is 0 Å². The van der Waals surface area contributed by atoms with Gasteiger partial charge in [-0.15, -0.1) is 0 Å². The Hall–Kier alpha value is -0.0400. The minimum absolute atomic E-state index is 0.749. The number of nitrogens with zero attached hydrogens (tertiary/aromatic N) is 1. The van der Waals surface area contributed by atoms with Gasteiger partial charge in [0.15, 0.2) is 0 Å². The van der Waals surface area contributed by atoms with Gasteiger partial charge in [-0.2, -0.15) is 0 Å². The Morgan fingerprint density at radius 1 is 1.14 bits per heavy atom. The molecule has 1 spiro atoms. The van der Waals surface area contributed by atoms with Crippen LogP contribution in [0.5, 0.6) is 0 Å². The van der Waals surface area contributed by atoms with Crippen LogP contribution < -0.4 is 0 Å². The van der Waals surface area contributed by atoms with Crippen LogP contribution in [0, 0.1) is 17.3 Å². The Morgan fingerprint density at radius 3 is 2.21 bits per heavy atom. The summed E-state index contributed by atoms with van der Waals surface area (Å²) in [5.74, 6) is 1.92. The van der Waals surface area contributed by atoms with Gasteiger partial charge >= 0.3 is 0 Å². The Bertz CT molecular complexity index is 201. The van der Waals surface area contributed by atoms with E-state index in [0.29, 0.717) is 0 Å². The van der Waals surface area contributed by atoms with Gasteiger partial charge in [0.2, 0.25) is 0 Å². The molecule has 0 aromatic carbocycles. The van der Waals surface area contributed by atoms with Crippen LogP contribution in [0.1, 0.15) is 47.0 Å². The maximum absolute atomic E-state index is 2.63. The van der Waals surface area contributed by atoms with Crippen LogP contribution in [-0.4, -0.2) is 24.0 Å². The molecule has 0 aromatic rings. The number of likely N-dealkylation sites (tertiary alicyclic amines) is 1. The molecular formula is C13H25N. The summed E-state index contributed by atoms with van der Waals surface area (Å²) < 4.78 is 0. The molecule has 1 heteroatoms. The molecule has 0 aromatic heterocycles. The van der Waals surface area contributed by atoms with Crippen LogP contribution in [-0.2, 0) is 0 Å². The Morgan fingerprint density at radius 2 is 1.79 bits per heavy atom. The third-order valence-electron chi connectivity index (χ3n) is 4.49. The molecule has 2 aliphatic rings. The molecule has 1 heterocycles. The summed E-state index contributed by atoms with van der Waals surface area (Å²) in [5, 5.41) is 0. The molecular weight excluding hydrogens is 170 g/mol. The molecule has 1 nitrogen and oxygen atoms in total. The normalized spacial score (nSPS) is 31.7. The van der Waals surface area contributed by atoms with E-state index in [1.54, 1.807) is 0 Å². The maximum Gasteiger partial charge on any atom is 0.00533 e.